The number of nitrogens with zero attached hydrogens (tertiary/aromatic N) is 5. The molecule has 0 unspecified atom stereocenters. The molecule has 1 N–H and O–H groups in total. The fourth-order valence-corrected chi connectivity index (χ4v) is 4.81. The smallest absolute Gasteiger partial charge is 0.262 e. The van der Waals surface area contributed by atoms with E-state index in [1.165, 1.54) is 12.1 Å². The second-order valence-electron chi connectivity index (χ2n) is 7.74. The Kier molecular flexibility index (Phi) is 5.03. The van der Waals surface area contributed by atoms with Crippen LogP contribution in [0.5, 0.6) is 11.5 Å². The molecule has 0 aliphatic carbocycles. The van der Waals surface area contributed by atoms with Gasteiger partial charge < -0.3 is 9.47 Å². The molecule has 0 atom stereocenters. The number of hydrogen-bond acceptors (Lipinski definition) is 8. The Morgan fingerprint density at radius 1 is 0.800 bits per heavy atom. The topological polar surface area (TPSA) is 121 Å². The Bertz CT molecular complexity index is 1640. The molecule has 4 heterocycles. The van der Waals surface area contributed by atoms with Crippen LogP contribution in [0.4, 0.5) is 5.69 Å². The van der Waals surface area contributed by atoms with Gasteiger partial charge in [-0.15, -0.1) is 10.2 Å². The molecule has 2 aromatic carbocycles. The predicted molar refractivity (Wildman–Crippen MR) is 128 cm³/mol. The average Bonchev–Trinajstić information content (AvgIpc) is 3.32. The zero-order valence-electron chi connectivity index (χ0n) is 18.2. The summed E-state index contributed by atoms with van der Waals surface area (Å²) in [4.78, 5) is 4.13. The largest absolute Gasteiger partial charge is 0.486 e. The molecule has 0 saturated heterocycles. The van der Waals surface area contributed by atoms with Crippen LogP contribution < -0.4 is 14.2 Å². The van der Waals surface area contributed by atoms with Gasteiger partial charge in [0.2, 0.25) is 0 Å². The van der Waals surface area contributed by atoms with Gasteiger partial charge in [0.15, 0.2) is 23.0 Å². The lowest BCUT2D eigenvalue weighted by Crippen LogP contribution is -2.17. The second kappa shape index (κ2) is 8.37. The summed E-state index contributed by atoms with van der Waals surface area (Å²) in [5.74, 6) is 1.55. The number of fused-ring (bicyclic) bond motifs is 2. The first-order valence-corrected chi connectivity index (χ1v) is 12.2. The number of pyridine rings is 1. The number of anilines is 1. The molecule has 0 bridgehead atoms. The van der Waals surface area contributed by atoms with Crippen LogP contribution in [-0.2, 0) is 10.0 Å². The summed E-state index contributed by atoms with van der Waals surface area (Å²) in [5.41, 5.74) is 3.38. The normalized spacial score (nSPS) is 13.0. The molecule has 0 saturated carbocycles. The van der Waals surface area contributed by atoms with Gasteiger partial charge in [0.1, 0.15) is 13.2 Å². The monoisotopic (exact) mass is 486 g/mol. The molecular weight excluding hydrogens is 468 g/mol. The van der Waals surface area contributed by atoms with Crippen molar-refractivity contribution in [3.63, 3.8) is 0 Å². The molecule has 11 heteroatoms. The van der Waals surface area contributed by atoms with Gasteiger partial charge in [-0.25, -0.2) is 8.42 Å². The van der Waals surface area contributed by atoms with E-state index in [9.17, 15) is 8.42 Å². The van der Waals surface area contributed by atoms with E-state index in [0.29, 0.717) is 47.6 Å². The first kappa shape index (κ1) is 21.1. The van der Waals surface area contributed by atoms with Crippen molar-refractivity contribution >= 4 is 21.4 Å². The molecule has 5 aromatic rings. The van der Waals surface area contributed by atoms with Gasteiger partial charge in [0.05, 0.1) is 10.6 Å². The molecule has 0 amide bonds. The molecule has 0 spiro atoms. The van der Waals surface area contributed by atoms with Crippen LogP contribution in [0.3, 0.4) is 0 Å². The third-order valence-corrected chi connectivity index (χ3v) is 6.84. The van der Waals surface area contributed by atoms with Crippen LogP contribution in [0.15, 0.2) is 84.0 Å². The van der Waals surface area contributed by atoms with Gasteiger partial charge in [-0.3, -0.25) is 9.71 Å². The molecule has 0 fully saturated rings. The molecule has 1 aliphatic heterocycles. The quantitative estimate of drug-likeness (QED) is 0.401. The SMILES string of the molecule is O=S(=O)(Nc1ccc(-c2ccc3nnc(-c4ccncc4)n3n2)cc1)c1ccc2c(c1)OCCO2. The fraction of sp³-hybridized carbons (Fsp3) is 0.0833. The minimum atomic E-state index is -3.81. The number of aromatic nitrogens is 5. The maximum atomic E-state index is 12.9. The molecule has 3 aromatic heterocycles. The van der Waals surface area contributed by atoms with Crippen LogP contribution in [0.25, 0.3) is 28.3 Å². The number of nitrogens with one attached hydrogen (secondary N) is 1. The molecular formula is C24H18N6O4S. The summed E-state index contributed by atoms with van der Waals surface area (Å²) in [7, 11) is -3.81. The van der Waals surface area contributed by atoms with Crippen molar-refractivity contribution in [1.29, 1.82) is 0 Å². The van der Waals surface area contributed by atoms with Gasteiger partial charge in [0.25, 0.3) is 10.0 Å². The maximum Gasteiger partial charge on any atom is 0.262 e. The summed E-state index contributed by atoms with van der Waals surface area (Å²) in [6, 6.07) is 18.9. The van der Waals surface area contributed by atoms with Crippen molar-refractivity contribution in [3.8, 4) is 34.1 Å². The van der Waals surface area contributed by atoms with Crippen molar-refractivity contribution in [2.75, 3.05) is 17.9 Å². The summed E-state index contributed by atoms with van der Waals surface area (Å²) in [6.07, 6.45) is 3.37. The molecule has 6 rings (SSSR count). The minimum absolute atomic E-state index is 0.0918. The summed E-state index contributed by atoms with van der Waals surface area (Å²) in [5, 5.41) is 13.1. The standard InChI is InChI=1S/C24H18N6O4S/c31-35(32,19-5-7-21-22(15-19)34-14-13-33-21)29-18-3-1-16(2-4-18)20-6-8-23-26-27-24(30(23)28-20)17-9-11-25-12-10-17/h1-12,15,29H,13-14H2. The maximum absolute atomic E-state index is 12.9. The minimum Gasteiger partial charge on any atom is -0.486 e. The van der Waals surface area contributed by atoms with Crippen LogP contribution in [0.1, 0.15) is 0 Å². The van der Waals surface area contributed by atoms with Crippen molar-refractivity contribution in [3.05, 3.63) is 79.1 Å². The highest BCUT2D eigenvalue weighted by atomic mass is 32.2. The Morgan fingerprint density at radius 2 is 1.57 bits per heavy atom. The van der Waals surface area contributed by atoms with E-state index in [1.807, 2.05) is 24.3 Å². The Balaban J connectivity index is 1.26. The second-order valence-corrected chi connectivity index (χ2v) is 9.42. The molecule has 35 heavy (non-hydrogen) atoms. The van der Waals surface area contributed by atoms with Crippen molar-refractivity contribution in [2.24, 2.45) is 0 Å². The van der Waals surface area contributed by atoms with E-state index in [1.54, 1.807) is 47.2 Å². The highest BCUT2D eigenvalue weighted by Gasteiger charge is 2.19. The molecule has 0 radical (unpaired) electrons. The first-order chi connectivity index (χ1) is 17.1. The first-order valence-electron chi connectivity index (χ1n) is 10.7. The lowest BCUT2D eigenvalue weighted by atomic mass is 10.1. The van der Waals surface area contributed by atoms with Gasteiger partial charge in [-0.1, -0.05) is 12.1 Å². The lowest BCUT2D eigenvalue weighted by Gasteiger charge is -2.19. The third-order valence-electron chi connectivity index (χ3n) is 5.46. The van der Waals surface area contributed by atoms with Crippen molar-refractivity contribution in [2.45, 2.75) is 4.90 Å². The number of hydrogen-bond donors (Lipinski definition) is 1. The van der Waals surface area contributed by atoms with E-state index >= 15 is 0 Å². The van der Waals surface area contributed by atoms with E-state index in [-0.39, 0.29) is 4.90 Å². The Labute approximate surface area is 200 Å². The molecule has 1 aliphatic rings. The number of ether oxygens (including phenoxy) is 2. The van der Waals surface area contributed by atoms with Gasteiger partial charge in [-0.2, -0.15) is 9.61 Å². The number of rotatable bonds is 5. The van der Waals surface area contributed by atoms with Crippen LogP contribution in [0, 0.1) is 0 Å². The van der Waals surface area contributed by atoms with E-state index in [0.717, 1.165) is 11.1 Å². The Morgan fingerprint density at radius 3 is 2.37 bits per heavy atom. The fourth-order valence-electron chi connectivity index (χ4n) is 3.74. The van der Waals surface area contributed by atoms with E-state index in [4.69, 9.17) is 9.47 Å². The zero-order chi connectivity index (χ0) is 23.8. The zero-order valence-corrected chi connectivity index (χ0v) is 19.0. The highest BCUT2D eigenvalue weighted by molar-refractivity contribution is 7.92. The van der Waals surface area contributed by atoms with Crippen LogP contribution >= 0.6 is 0 Å². The van der Waals surface area contributed by atoms with Gasteiger partial charge in [0, 0.05) is 35.3 Å². The van der Waals surface area contributed by atoms with Crippen LogP contribution in [0.2, 0.25) is 0 Å². The van der Waals surface area contributed by atoms with Crippen LogP contribution in [-0.4, -0.2) is 46.4 Å². The van der Waals surface area contributed by atoms with E-state index < -0.39 is 10.0 Å². The summed E-state index contributed by atoms with van der Waals surface area (Å²) in [6.45, 7) is 0.818. The average molecular weight is 487 g/mol. The molecule has 174 valence electrons. The highest BCUT2D eigenvalue weighted by Crippen LogP contribution is 2.33. The van der Waals surface area contributed by atoms with Crippen molar-refractivity contribution in [1.82, 2.24) is 24.8 Å². The number of benzene rings is 2. The Hall–Kier alpha value is -4.51. The van der Waals surface area contributed by atoms with Gasteiger partial charge >= 0.3 is 0 Å². The third kappa shape index (κ3) is 4.02. The van der Waals surface area contributed by atoms with Crippen molar-refractivity contribution < 1.29 is 17.9 Å². The summed E-state index contributed by atoms with van der Waals surface area (Å²) >= 11 is 0. The van der Waals surface area contributed by atoms with Gasteiger partial charge in [-0.05, 0) is 48.5 Å². The van der Waals surface area contributed by atoms with E-state index in [2.05, 4.69) is 25.0 Å². The molecule has 10 nitrogen and oxygen atoms in total. The number of sulfonamides is 1. The predicted octanol–water partition coefficient (Wildman–Crippen LogP) is 3.43. The summed E-state index contributed by atoms with van der Waals surface area (Å²) < 4.78 is 41.0. The lowest BCUT2D eigenvalue weighted by molar-refractivity contribution is 0.171.